The number of aliphatic hydroxyl groups excluding tert-OH is 1. The Morgan fingerprint density at radius 2 is 1.94 bits per heavy atom. The van der Waals surface area contributed by atoms with Gasteiger partial charge in [0.25, 0.3) is 0 Å². The molecule has 0 radical (unpaired) electrons. The first kappa shape index (κ1) is 11.3. The lowest BCUT2D eigenvalue weighted by Gasteiger charge is -2.23. The lowest BCUT2D eigenvalue weighted by molar-refractivity contribution is -0.138. The second-order valence-corrected chi connectivity index (χ2v) is 3.99. The maximum absolute atomic E-state index is 12.5. The molecule has 0 spiro atoms. The summed E-state index contributed by atoms with van der Waals surface area (Å²) < 4.78 is 37.5. The number of hydrogen-bond donors (Lipinski definition) is 2. The average Bonchev–Trinajstić information content (AvgIpc) is 2.15. The number of fused-ring (bicyclic) bond motifs is 1. The van der Waals surface area contributed by atoms with E-state index in [1.54, 1.807) is 0 Å². The molecule has 88 valence electrons. The monoisotopic (exact) mass is 232 g/mol. The van der Waals surface area contributed by atoms with Crippen LogP contribution in [0.3, 0.4) is 0 Å². The molecule has 1 aliphatic carbocycles. The zero-order valence-electron chi connectivity index (χ0n) is 8.38. The summed E-state index contributed by atoms with van der Waals surface area (Å²) in [7, 11) is 0. The second kappa shape index (κ2) is 3.66. The van der Waals surface area contributed by atoms with E-state index >= 15 is 0 Å². The summed E-state index contributed by atoms with van der Waals surface area (Å²) in [5, 5.41) is 18.9. The minimum atomic E-state index is -4.53. The minimum Gasteiger partial charge on any atom is -0.507 e. The molecule has 0 fully saturated rings. The number of phenols is 1. The predicted octanol–water partition coefficient (Wildman–Crippen LogP) is 2.26. The molecule has 1 aromatic rings. The van der Waals surface area contributed by atoms with Gasteiger partial charge in [-0.15, -0.1) is 0 Å². The first-order valence-electron chi connectivity index (χ1n) is 4.98. The predicted molar refractivity (Wildman–Crippen MR) is 51.1 cm³/mol. The van der Waals surface area contributed by atoms with Crippen LogP contribution >= 0.6 is 0 Å². The van der Waals surface area contributed by atoms with Crippen LogP contribution in [0.2, 0.25) is 0 Å². The van der Waals surface area contributed by atoms with Gasteiger partial charge in [-0.3, -0.25) is 0 Å². The summed E-state index contributed by atoms with van der Waals surface area (Å²) in [6.45, 7) is 0. The molecule has 1 unspecified atom stereocenters. The maximum atomic E-state index is 12.5. The Morgan fingerprint density at radius 1 is 1.25 bits per heavy atom. The van der Waals surface area contributed by atoms with Crippen molar-refractivity contribution in [1.29, 1.82) is 0 Å². The van der Waals surface area contributed by atoms with Crippen LogP contribution in [0.5, 0.6) is 5.75 Å². The topological polar surface area (TPSA) is 40.5 Å². The minimum absolute atomic E-state index is 0.284. The molecule has 0 heterocycles. The maximum Gasteiger partial charge on any atom is 0.419 e. The molecule has 1 atom stereocenters. The third kappa shape index (κ3) is 1.87. The summed E-state index contributed by atoms with van der Waals surface area (Å²) in [5.41, 5.74) is -0.0768. The van der Waals surface area contributed by atoms with Crippen molar-refractivity contribution in [2.75, 3.05) is 0 Å². The van der Waals surface area contributed by atoms with Crippen molar-refractivity contribution in [1.82, 2.24) is 0 Å². The van der Waals surface area contributed by atoms with E-state index in [4.69, 9.17) is 0 Å². The molecular formula is C11H11F3O2. The molecule has 0 amide bonds. The molecule has 2 nitrogen and oxygen atoms in total. The number of hydrogen-bond acceptors (Lipinski definition) is 2. The summed E-state index contributed by atoms with van der Waals surface area (Å²) in [6.07, 6.45) is -4.08. The Kier molecular flexibility index (Phi) is 2.58. The van der Waals surface area contributed by atoms with E-state index in [9.17, 15) is 23.4 Å². The van der Waals surface area contributed by atoms with Gasteiger partial charge in [0.1, 0.15) is 5.75 Å². The van der Waals surface area contributed by atoms with Crippen molar-refractivity contribution >= 4 is 0 Å². The number of rotatable bonds is 0. The Labute approximate surface area is 90.3 Å². The van der Waals surface area contributed by atoms with E-state index in [1.165, 1.54) is 6.07 Å². The number of alkyl halides is 3. The van der Waals surface area contributed by atoms with E-state index < -0.39 is 23.6 Å². The summed E-state index contributed by atoms with van der Waals surface area (Å²) in [6, 6.07) is 2.20. The zero-order valence-corrected chi connectivity index (χ0v) is 8.38. The van der Waals surface area contributed by atoms with Gasteiger partial charge in [0.05, 0.1) is 11.7 Å². The number of aromatic hydroxyl groups is 1. The number of phenolic OH excluding ortho intramolecular Hbond substituents is 1. The van der Waals surface area contributed by atoms with Gasteiger partial charge in [-0.2, -0.15) is 13.2 Å². The molecular weight excluding hydrogens is 221 g/mol. The number of benzene rings is 1. The van der Waals surface area contributed by atoms with Crippen molar-refractivity contribution in [3.8, 4) is 5.75 Å². The van der Waals surface area contributed by atoms with Gasteiger partial charge >= 0.3 is 6.18 Å². The van der Waals surface area contributed by atoms with Gasteiger partial charge in [0.15, 0.2) is 0 Å². The molecule has 0 bridgehead atoms. The summed E-state index contributed by atoms with van der Waals surface area (Å²) in [4.78, 5) is 0. The van der Waals surface area contributed by atoms with Crippen molar-refractivity contribution in [3.05, 3.63) is 28.8 Å². The van der Waals surface area contributed by atoms with E-state index in [0.29, 0.717) is 24.0 Å². The van der Waals surface area contributed by atoms with Crippen molar-refractivity contribution in [2.45, 2.75) is 31.5 Å². The Balaban J connectivity index is 2.48. The van der Waals surface area contributed by atoms with Crippen LogP contribution in [0.4, 0.5) is 13.2 Å². The lowest BCUT2D eigenvalue weighted by atomic mass is 9.87. The van der Waals surface area contributed by atoms with Crippen LogP contribution in [-0.4, -0.2) is 16.3 Å². The van der Waals surface area contributed by atoms with Gasteiger partial charge < -0.3 is 10.2 Å². The molecule has 0 aliphatic heterocycles. The zero-order chi connectivity index (χ0) is 11.9. The van der Waals surface area contributed by atoms with Crippen LogP contribution in [0.25, 0.3) is 0 Å². The molecule has 1 aliphatic rings. The van der Waals surface area contributed by atoms with E-state index in [2.05, 4.69) is 0 Å². The molecule has 5 heteroatoms. The number of halogens is 3. The van der Waals surface area contributed by atoms with Crippen LogP contribution < -0.4 is 0 Å². The smallest absolute Gasteiger partial charge is 0.419 e. The first-order chi connectivity index (χ1) is 7.39. The highest BCUT2D eigenvalue weighted by Gasteiger charge is 2.36. The van der Waals surface area contributed by atoms with Gasteiger partial charge in [-0.05, 0) is 36.5 Å². The normalized spacial score (nSPS) is 20.6. The summed E-state index contributed by atoms with van der Waals surface area (Å²) in [5.74, 6) is -0.683. The van der Waals surface area contributed by atoms with Crippen molar-refractivity contribution in [3.63, 3.8) is 0 Å². The van der Waals surface area contributed by atoms with Gasteiger partial charge in [-0.25, -0.2) is 0 Å². The molecule has 1 aromatic carbocycles. The fraction of sp³-hybridized carbons (Fsp3) is 0.455. The Morgan fingerprint density at radius 3 is 2.56 bits per heavy atom. The van der Waals surface area contributed by atoms with Gasteiger partial charge in [-0.1, -0.05) is 6.07 Å². The van der Waals surface area contributed by atoms with Crippen molar-refractivity contribution in [2.24, 2.45) is 0 Å². The Hall–Kier alpha value is -1.23. The van der Waals surface area contributed by atoms with Crippen LogP contribution in [0, 0.1) is 0 Å². The number of aliphatic hydroxyl groups is 1. The fourth-order valence-electron chi connectivity index (χ4n) is 2.04. The van der Waals surface area contributed by atoms with Crippen LogP contribution in [-0.2, 0) is 19.0 Å². The second-order valence-electron chi connectivity index (χ2n) is 3.99. The van der Waals surface area contributed by atoms with E-state index in [0.717, 1.165) is 6.07 Å². The largest absolute Gasteiger partial charge is 0.507 e. The standard InChI is InChI=1S/C11H11F3O2/c12-11(13,14)9-4-1-6-5-7(15)2-3-8(6)10(9)16/h1,4,7,15-16H,2-3,5H2. The first-order valence-corrected chi connectivity index (χ1v) is 4.98. The van der Waals surface area contributed by atoms with Crippen molar-refractivity contribution < 1.29 is 23.4 Å². The van der Waals surface area contributed by atoms with Gasteiger partial charge in [0.2, 0.25) is 0 Å². The highest BCUT2D eigenvalue weighted by Crippen LogP contribution is 2.40. The third-order valence-electron chi connectivity index (χ3n) is 2.87. The highest BCUT2D eigenvalue weighted by molar-refractivity contribution is 5.48. The Bertz CT molecular complexity index is 412. The molecule has 0 saturated heterocycles. The van der Waals surface area contributed by atoms with Crippen LogP contribution in [0.15, 0.2) is 12.1 Å². The third-order valence-corrected chi connectivity index (χ3v) is 2.87. The van der Waals surface area contributed by atoms with Crippen LogP contribution in [0.1, 0.15) is 23.1 Å². The van der Waals surface area contributed by atoms with Gasteiger partial charge in [0, 0.05) is 0 Å². The highest BCUT2D eigenvalue weighted by atomic mass is 19.4. The molecule has 0 saturated carbocycles. The average molecular weight is 232 g/mol. The summed E-state index contributed by atoms with van der Waals surface area (Å²) >= 11 is 0. The molecule has 2 N–H and O–H groups in total. The fourth-order valence-corrected chi connectivity index (χ4v) is 2.04. The van der Waals surface area contributed by atoms with E-state index in [1.807, 2.05) is 0 Å². The van der Waals surface area contributed by atoms with E-state index in [-0.39, 0.29) is 6.42 Å². The molecule has 16 heavy (non-hydrogen) atoms. The molecule has 0 aromatic heterocycles. The quantitative estimate of drug-likeness (QED) is 0.720. The SMILES string of the molecule is Oc1c(C(F)(F)F)ccc2c1CCC(O)C2. The lowest BCUT2D eigenvalue weighted by Crippen LogP contribution is -2.19. The molecule has 2 rings (SSSR count).